The molecule has 4 heteroatoms. The third kappa shape index (κ3) is 7.06. The van der Waals surface area contributed by atoms with Crippen molar-refractivity contribution in [3.05, 3.63) is 66.9 Å². The Kier molecular flexibility index (Phi) is 8.13. The van der Waals surface area contributed by atoms with Gasteiger partial charge in [0.25, 0.3) is 0 Å². The number of amides is 1. The molecule has 0 aliphatic carbocycles. The fraction of sp³-hybridized carbons (Fsp3) is 0.286. The molecule has 2 aromatic carbocycles. The number of thiol groups is 1. The first kappa shape index (κ1) is 19.1. The van der Waals surface area contributed by atoms with Gasteiger partial charge in [-0.05, 0) is 36.1 Å². The molecule has 0 fully saturated rings. The molecule has 25 heavy (non-hydrogen) atoms. The first-order valence-electron chi connectivity index (χ1n) is 8.67. The molecule has 0 atom stereocenters. The summed E-state index contributed by atoms with van der Waals surface area (Å²) in [7, 11) is 0. The molecule has 3 nitrogen and oxygen atoms in total. The molecule has 1 amide bonds. The fourth-order valence-electron chi connectivity index (χ4n) is 2.51. The number of carbonyl (C=O) groups is 1. The van der Waals surface area contributed by atoms with E-state index >= 15 is 0 Å². The van der Waals surface area contributed by atoms with Gasteiger partial charge in [0.15, 0.2) is 0 Å². The third-order valence-corrected chi connectivity index (χ3v) is 4.30. The zero-order chi connectivity index (χ0) is 17.9. The van der Waals surface area contributed by atoms with E-state index in [4.69, 9.17) is 0 Å². The van der Waals surface area contributed by atoms with Crippen LogP contribution >= 0.6 is 12.6 Å². The van der Waals surface area contributed by atoms with Crippen molar-refractivity contribution in [1.29, 1.82) is 0 Å². The number of unbranched alkanes of at least 4 members (excludes halogenated alkanes) is 2. The molecule has 0 aliphatic rings. The topological polar surface area (TPSA) is 41.1 Å². The average Bonchev–Trinajstić information content (AvgIpc) is 2.65. The Labute approximate surface area is 155 Å². The lowest BCUT2D eigenvalue weighted by atomic mass is 10.1. The number of hydrogen-bond acceptors (Lipinski definition) is 3. The molecule has 2 N–H and O–H groups in total. The maximum Gasteiger partial charge on any atom is 0.224 e. The molecule has 0 saturated carbocycles. The van der Waals surface area contributed by atoms with Gasteiger partial charge < -0.3 is 10.6 Å². The van der Waals surface area contributed by atoms with E-state index in [2.05, 4.69) is 42.0 Å². The molecular weight excluding hydrogens is 328 g/mol. The maximum absolute atomic E-state index is 12.0. The predicted octanol–water partition coefficient (Wildman–Crippen LogP) is 4.89. The van der Waals surface area contributed by atoms with E-state index in [0.29, 0.717) is 12.2 Å². The summed E-state index contributed by atoms with van der Waals surface area (Å²) in [4.78, 5) is 12.0. The third-order valence-electron chi connectivity index (χ3n) is 3.92. The van der Waals surface area contributed by atoms with E-state index in [1.54, 1.807) is 0 Å². The van der Waals surface area contributed by atoms with Crippen molar-refractivity contribution in [3.63, 3.8) is 0 Å². The molecule has 132 valence electrons. The minimum absolute atomic E-state index is 0.0696. The lowest BCUT2D eigenvalue weighted by molar-refractivity contribution is -0.116. The molecule has 2 aromatic rings. The van der Waals surface area contributed by atoms with E-state index < -0.39 is 0 Å². The monoisotopic (exact) mass is 354 g/mol. The zero-order valence-electron chi connectivity index (χ0n) is 14.5. The Morgan fingerprint density at radius 2 is 1.60 bits per heavy atom. The maximum atomic E-state index is 12.0. The van der Waals surface area contributed by atoms with Crippen LogP contribution in [0.1, 0.15) is 25.7 Å². The van der Waals surface area contributed by atoms with Gasteiger partial charge in [0, 0.05) is 30.1 Å². The Morgan fingerprint density at radius 3 is 2.28 bits per heavy atom. The predicted molar refractivity (Wildman–Crippen MR) is 110 cm³/mol. The number of benzene rings is 2. The van der Waals surface area contributed by atoms with Gasteiger partial charge in [-0.3, -0.25) is 4.79 Å². The number of rotatable bonds is 10. The number of hydrogen-bond donors (Lipinski definition) is 3. The molecule has 0 spiro atoms. The zero-order valence-corrected chi connectivity index (χ0v) is 15.4. The van der Waals surface area contributed by atoms with Crippen LogP contribution in [0.5, 0.6) is 0 Å². The number of anilines is 1. The van der Waals surface area contributed by atoms with Crippen molar-refractivity contribution in [2.45, 2.75) is 25.7 Å². The second-order valence-electron chi connectivity index (χ2n) is 5.99. The van der Waals surface area contributed by atoms with E-state index in [1.165, 1.54) is 5.56 Å². The van der Waals surface area contributed by atoms with Crippen LogP contribution in [-0.2, 0) is 4.79 Å². The molecule has 0 bridgehead atoms. The van der Waals surface area contributed by atoms with Gasteiger partial charge in [-0.25, -0.2) is 0 Å². The van der Waals surface area contributed by atoms with Crippen LogP contribution in [0.15, 0.2) is 66.9 Å². The molecule has 0 radical (unpaired) electrons. The first-order valence-corrected chi connectivity index (χ1v) is 9.30. The summed E-state index contributed by atoms with van der Waals surface area (Å²) >= 11 is 4.15. The second-order valence-corrected chi connectivity index (χ2v) is 6.31. The molecule has 0 aliphatic heterocycles. The van der Waals surface area contributed by atoms with E-state index in [-0.39, 0.29) is 5.91 Å². The molecular formula is C21H26N2OS. The fourth-order valence-corrected chi connectivity index (χ4v) is 2.62. The highest BCUT2D eigenvalue weighted by molar-refractivity contribution is 7.80. The van der Waals surface area contributed by atoms with Gasteiger partial charge >= 0.3 is 0 Å². The van der Waals surface area contributed by atoms with Crippen molar-refractivity contribution < 1.29 is 4.79 Å². The highest BCUT2D eigenvalue weighted by Gasteiger charge is 2.03. The molecule has 0 saturated heterocycles. The van der Waals surface area contributed by atoms with Gasteiger partial charge in [-0.1, -0.05) is 55.5 Å². The average molecular weight is 355 g/mol. The molecule has 0 heterocycles. The highest BCUT2D eigenvalue weighted by atomic mass is 32.1. The largest absolute Gasteiger partial charge is 0.388 e. The molecule has 0 unspecified atom stereocenters. The first-order chi connectivity index (χ1) is 12.2. The minimum Gasteiger partial charge on any atom is -0.388 e. The van der Waals surface area contributed by atoms with Gasteiger partial charge in [-0.2, -0.15) is 12.6 Å². The van der Waals surface area contributed by atoms with Crippen LogP contribution in [0.2, 0.25) is 0 Å². The smallest absolute Gasteiger partial charge is 0.224 e. The van der Waals surface area contributed by atoms with Crippen molar-refractivity contribution >= 4 is 24.2 Å². The quantitative estimate of drug-likeness (QED) is 0.420. The summed E-state index contributed by atoms with van der Waals surface area (Å²) in [6, 6.07) is 18.2. The van der Waals surface area contributed by atoms with Crippen molar-refractivity contribution in [1.82, 2.24) is 5.32 Å². The second kappa shape index (κ2) is 10.6. The summed E-state index contributed by atoms with van der Waals surface area (Å²) in [6.07, 6.45) is 3.50. The Balaban J connectivity index is 1.68. The number of nitrogens with one attached hydrogen (secondary N) is 2. The normalized spacial score (nSPS) is 10.3. The SMILES string of the molecule is C=C(CS)NCCCCCC(=O)Nc1ccc(-c2ccccc2)cc1. The summed E-state index contributed by atoms with van der Waals surface area (Å²) in [5.74, 6) is 0.728. The van der Waals surface area contributed by atoms with Crippen LogP contribution in [0.25, 0.3) is 11.1 Å². The van der Waals surface area contributed by atoms with Crippen LogP contribution < -0.4 is 10.6 Å². The Bertz CT molecular complexity index is 668. The van der Waals surface area contributed by atoms with Crippen molar-refractivity contribution in [2.24, 2.45) is 0 Å². The van der Waals surface area contributed by atoms with E-state index in [9.17, 15) is 4.79 Å². The van der Waals surface area contributed by atoms with Gasteiger partial charge in [0.2, 0.25) is 5.91 Å². The van der Waals surface area contributed by atoms with E-state index in [1.807, 2.05) is 42.5 Å². The van der Waals surface area contributed by atoms with Gasteiger partial charge in [-0.15, -0.1) is 0 Å². The van der Waals surface area contributed by atoms with Crippen molar-refractivity contribution in [3.8, 4) is 11.1 Å². The summed E-state index contributed by atoms with van der Waals surface area (Å²) in [5, 5.41) is 6.17. The summed E-state index contributed by atoms with van der Waals surface area (Å²) in [6.45, 7) is 4.73. The Hall–Kier alpha value is -2.20. The lowest BCUT2D eigenvalue weighted by Crippen LogP contribution is -2.15. The van der Waals surface area contributed by atoms with E-state index in [0.717, 1.165) is 42.8 Å². The van der Waals surface area contributed by atoms with Crippen molar-refractivity contribution in [2.75, 3.05) is 17.6 Å². The van der Waals surface area contributed by atoms with Gasteiger partial charge in [0.1, 0.15) is 0 Å². The number of carbonyl (C=O) groups excluding carboxylic acids is 1. The highest BCUT2D eigenvalue weighted by Crippen LogP contribution is 2.21. The summed E-state index contributed by atoms with van der Waals surface area (Å²) in [5.41, 5.74) is 4.11. The van der Waals surface area contributed by atoms with Gasteiger partial charge in [0.05, 0.1) is 0 Å². The standard InChI is InChI=1S/C21H26N2OS/c1-17(16-25)22-15-7-3-6-10-21(24)23-20-13-11-19(12-14-20)18-8-4-2-5-9-18/h2,4-5,8-9,11-14,22,25H,1,3,6-7,10,15-16H2,(H,23,24). The molecule has 0 aromatic heterocycles. The van der Waals surface area contributed by atoms with Crippen LogP contribution in [0, 0.1) is 0 Å². The lowest BCUT2D eigenvalue weighted by Gasteiger charge is -2.08. The van der Waals surface area contributed by atoms with Crippen LogP contribution in [-0.4, -0.2) is 18.2 Å². The van der Waals surface area contributed by atoms with Crippen LogP contribution in [0.3, 0.4) is 0 Å². The summed E-state index contributed by atoms with van der Waals surface area (Å²) < 4.78 is 0. The Morgan fingerprint density at radius 1 is 0.920 bits per heavy atom. The van der Waals surface area contributed by atoms with Crippen LogP contribution in [0.4, 0.5) is 5.69 Å². The minimum atomic E-state index is 0.0696. The molecule has 2 rings (SSSR count).